The van der Waals surface area contributed by atoms with Crippen LogP contribution in [0.1, 0.15) is 31.7 Å². The van der Waals surface area contributed by atoms with E-state index >= 15 is 0 Å². The quantitative estimate of drug-likeness (QED) is 0.753. The molecule has 1 rings (SSSR count). The Kier molecular flexibility index (Phi) is 5.78. The third-order valence-electron chi connectivity index (χ3n) is 3.25. The first-order valence-corrected chi connectivity index (χ1v) is 6.81. The summed E-state index contributed by atoms with van der Waals surface area (Å²) in [6.45, 7) is 5.51. The van der Waals surface area contributed by atoms with Crippen LogP contribution in [0, 0.1) is 5.92 Å². The summed E-state index contributed by atoms with van der Waals surface area (Å²) < 4.78 is 0. The first kappa shape index (κ1) is 14.8. The Morgan fingerprint density at radius 2 is 1.88 bits per heavy atom. The zero-order valence-electron chi connectivity index (χ0n) is 11.0. The average molecular weight is 274 g/mol. The Morgan fingerprint density at radius 1 is 1.24 bits per heavy atom. The molecular formula is C14H21Cl2N. The molecule has 0 saturated heterocycles. The second kappa shape index (κ2) is 6.63. The van der Waals surface area contributed by atoms with Gasteiger partial charge in [-0.3, -0.25) is 0 Å². The normalized spacial score (nSPS) is 15.0. The van der Waals surface area contributed by atoms with Gasteiger partial charge >= 0.3 is 0 Å². The van der Waals surface area contributed by atoms with Crippen molar-refractivity contribution in [3.8, 4) is 0 Å². The van der Waals surface area contributed by atoms with Gasteiger partial charge in [-0.1, -0.05) is 49.5 Å². The minimum Gasteiger partial charge on any atom is -0.309 e. The van der Waals surface area contributed by atoms with Crippen LogP contribution in [0.25, 0.3) is 0 Å². The Labute approximate surface area is 115 Å². The summed E-state index contributed by atoms with van der Waals surface area (Å²) in [7, 11) is 4.19. The summed E-state index contributed by atoms with van der Waals surface area (Å²) in [6.07, 6.45) is 1.15. The highest BCUT2D eigenvalue weighted by atomic mass is 35.5. The lowest BCUT2D eigenvalue weighted by Gasteiger charge is -2.27. The zero-order valence-corrected chi connectivity index (χ0v) is 12.5. The molecule has 1 aromatic carbocycles. The van der Waals surface area contributed by atoms with Crippen molar-refractivity contribution in [2.24, 2.45) is 5.92 Å². The van der Waals surface area contributed by atoms with E-state index in [1.165, 1.54) is 5.56 Å². The van der Waals surface area contributed by atoms with E-state index in [1.54, 1.807) is 0 Å². The van der Waals surface area contributed by atoms with Gasteiger partial charge in [0.25, 0.3) is 0 Å². The van der Waals surface area contributed by atoms with Gasteiger partial charge in [0.05, 0.1) is 0 Å². The maximum atomic E-state index is 6.31. The van der Waals surface area contributed by atoms with Gasteiger partial charge in [0.1, 0.15) is 0 Å². The van der Waals surface area contributed by atoms with Crippen LogP contribution in [-0.2, 0) is 0 Å². The van der Waals surface area contributed by atoms with Crippen LogP contribution in [0.3, 0.4) is 0 Å². The summed E-state index contributed by atoms with van der Waals surface area (Å²) in [5.41, 5.74) is 1.21. The standard InChI is InChI=1S/C14H21Cl2N/c1-5-10(2)13(9-17(3)4)12-7-6-11(15)8-14(12)16/h6-8,10,13H,5,9H2,1-4H3. The van der Waals surface area contributed by atoms with E-state index in [2.05, 4.69) is 38.9 Å². The molecule has 0 aliphatic heterocycles. The monoisotopic (exact) mass is 273 g/mol. The van der Waals surface area contributed by atoms with E-state index in [9.17, 15) is 0 Å². The van der Waals surface area contributed by atoms with Crippen LogP contribution in [0.5, 0.6) is 0 Å². The third-order valence-corrected chi connectivity index (χ3v) is 3.82. The van der Waals surface area contributed by atoms with Crippen molar-refractivity contribution in [3.05, 3.63) is 33.8 Å². The molecule has 2 atom stereocenters. The summed E-state index contributed by atoms with van der Waals surface area (Å²) in [5, 5.41) is 1.48. The highest BCUT2D eigenvalue weighted by Gasteiger charge is 2.21. The lowest BCUT2D eigenvalue weighted by molar-refractivity contribution is 0.315. The van der Waals surface area contributed by atoms with Crippen LogP contribution in [0.4, 0.5) is 0 Å². The van der Waals surface area contributed by atoms with E-state index in [0.29, 0.717) is 16.9 Å². The number of halogens is 2. The fraction of sp³-hybridized carbons (Fsp3) is 0.571. The highest BCUT2D eigenvalue weighted by Crippen LogP contribution is 2.33. The SMILES string of the molecule is CCC(C)C(CN(C)C)c1ccc(Cl)cc1Cl. The maximum Gasteiger partial charge on any atom is 0.0456 e. The molecule has 1 nitrogen and oxygen atoms in total. The molecule has 0 radical (unpaired) electrons. The number of hydrogen-bond acceptors (Lipinski definition) is 1. The third kappa shape index (κ3) is 4.17. The van der Waals surface area contributed by atoms with Gasteiger partial charge in [-0.15, -0.1) is 0 Å². The zero-order chi connectivity index (χ0) is 13.0. The molecule has 0 N–H and O–H groups in total. The molecule has 96 valence electrons. The molecule has 2 unspecified atom stereocenters. The predicted octanol–water partition coefficient (Wildman–Crippen LogP) is 4.68. The van der Waals surface area contributed by atoms with Gasteiger partial charge in [0.15, 0.2) is 0 Å². The fourth-order valence-corrected chi connectivity index (χ4v) is 2.61. The summed E-state index contributed by atoms with van der Waals surface area (Å²) in [5.74, 6) is 1.07. The van der Waals surface area contributed by atoms with Gasteiger partial charge in [0.2, 0.25) is 0 Å². The Morgan fingerprint density at radius 3 is 2.35 bits per heavy atom. The van der Waals surface area contributed by atoms with Crippen LogP contribution < -0.4 is 0 Å². The molecule has 3 heteroatoms. The van der Waals surface area contributed by atoms with Crippen LogP contribution >= 0.6 is 23.2 Å². The van der Waals surface area contributed by atoms with E-state index in [1.807, 2.05) is 12.1 Å². The molecule has 17 heavy (non-hydrogen) atoms. The summed E-state index contributed by atoms with van der Waals surface area (Å²) in [4.78, 5) is 2.21. The lowest BCUT2D eigenvalue weighted by Crippen LogP contribution is -2.24. The van der Waals surface area contributed by atoms with Crippen molar-refractivity contribution in [2.75, 3.05) is 20.6 Å². The van der Waals surface area contributed by atoms with Gasteiger partial charge < -0.3 is 4.90 Å². The van der Waals surface area contributed by atoms with Crippen LogP contribution in [0.2, 0.25) is 10.0 Å². The second-order valence-corrected chi connectivity index (χ2v) is 5.76. The number of nitrogens with zero attached hydrogens (tertiary/aromatic N) is 1. The van der Waals surface area contributed by atoms with E-state index < -0.39 is 0 Å². The second-order valence-electron chi connectivity index (χ2n) is 4.92. The average Bonchev–Trinajstić information content (AvgIpc) is 2.25. The van der Waals surface area contributed by atoms with E-state index in [4.69, 9.17) is 23.2 Å². The van der Waals surface area contributed by atoms with Crippen molar-refractivity contribution < 1.29 is 0 Å². The Bertz CT molecular complexity index is 363. The summed E-state index contributed by atoms with van der Waals surface area (Å²) >= 11 is 12.3. The fourth-order valence-electron chi connectivity index (χ4n) is 2.06. The molecule has 0 heterocycles. The number of hydrogen-bond donors (Lipinski definition) is 0. The smallest absolute Gasteiger partial charge is 0.0456 e. The van der Waals surface area contributed by atoms with Gasteiger partial charge in [-0.05, 0) is 37.7 Å². The van der Waals surface area contributed by atoms with Crippen molar-refractivity contribution in [2.45, 2.75) is 26.2 Å². The Balaban J connectivity index is 3.03. The van der Waals surface area contributed by atoms with Gasteiger partial charge in [-0.2, -0.15) is 0 Å². The Hall–Kier alpha value is -0.240. The van der Waals surface area contributed by atoms with Crippen molar-refractivity contribution in [3.63, 3.8) is 0 Å². The van der Waals surface area contributed by atoms with Crippen LogP contribution in [-0.4, -0.2) is 25.5 Å². The number of benzene rings is 1. The molecule has 0 spiro atoms. The molecule has 0 aliphatic rings. The first-order chi connectivity index (χ1) is 7.95. The molecule has 0 saturated carbocycles. The molecule has 0 bridgehead atoms. The van der Waals surface area contributed by atoms with Crippen LogP contribution in [0.15, 0.2) is 18.2 Å². The van der Waals surface area contributed by atoms with Gasteiger partial charge in [0, 0.05) is 22.5 Å². The minimum atomic E-state index is 0.458. The highest BCUT2D eigenvalue weighted by molar-refractivity contribution is 6.35. The van der Waals surface area contributed by atoms with Crippen molar-refractivity contribution in [1.29, 1.82) is 0 Å². The molecule has 1 aromatic rings. The predicted molar refractivity (Wildman–Crippen MR) is 77.2 cm³/mol. The largest absolute Gasteiger partial charge is 0.309 e. The number of likely N-dealkylation sites (N-methyl/N-ethyl adjacent to an activating group) is 1. The minimum absolute atomic E-state index is 0.458. The first-order valence-electron chi connectivity index (χ1n) is 6.05. The molecule has 0 fully saturated rings. The summed E-state index contributed by atoms with van der Waals surface area (Å²) in [6, 6.07) is 5.82. The van der Waals surface area contributed by atoms with E-state index in [-0.39, 0.29) is 0 Å². The molecular weight excluding hydrogens is 253 g/mol. The van der Waals surface area contributed by atoms with E-state index in [0.717, 1.165) is 18.0 Å². The van der Waals surface area contributed by atoms with Crippen molar-refractivity contribution in [1.82, 2.24) is 4.90 Å². The molecule has 0 amide bonds. The van der Waals surface area contributed by atoms with Gasteiger partial charge in [-0.25, -0.2) is 0 Å². The lowest BCUT2D eigenvalue weighted by atomic mass is 9.85. The molecule has 0 aliphatic carbocycles. The maximum absolute atomic E-state index is 6.31. The molecule has 0 aromatic heterocycles. The van der Waals surface area contributed by atoms with Crippen molar-refractivity contribution >= 4 is 23.2 Å². The number of rotatable bonds is 5. The topological polar surface area (TPSA) is 3.24 Å².